The summed E-state index contributed by atoms with van der Waals surface area (Å²) in [6, 6.07) is 7.27. The first-order chi connectivity index (χ1) is 14.4. The number of aromatic nitrogens is 3. The predicted octanol–water partition coefficient (Wildman–Crippen LogP) is 2.70. The van der Waals surface area contributed by atoms with Crippen molar-refractivity contribution in [2.45, 2.75) is 38.6 Å². The number of ether oxygens (including phenoxy) is 2. The van der Waals surface area contributed by atoms with E-state index in [1.807, 2.05) is 6.92 Å². The average Bonchev–Trinajstić information content (AvgIpc) is 3.36. The molecule has 2 aromatic heterocycles. The van der Waals surface area contributed by atoms with Gasteiger partial charge in [-0.25, -0.2) is 4.39 Å². The maximum absolute atomic E-state index is 12.5. The number of aliphatic hydroxyl groups is 1. The number of anilines is 1. The van der Waals surface area contributed by atoms with Gasteiger partial charge in [-0.2, -0.15) is 4.39 Å². The molecular weight excluding hydrogens is 398 g/mol. The zero-order chi connectivity index (χ0) is 21.7. The Kier molecular flexibility index (Phi) is 6.91. The van der Waals surface area contributed by atoms with E-state index in [0.717, 1.165) is 18.9 Å². The molecule has 2 atom stereocenters. The lowest BCUT2D eigenvalue weighted by atomic mass is 10.2. The van der Waals surface area contributed by atoms with E-state index in [0.29, 0.717) is 17.2 Å². The van der Waals surface area contributed by atoms with Gasteiger partial charge in [-0.1, -0.05) is 6.07 Å². The van der Waals surface area contributed by atoms with Crippen LogP contribution in [-0.2, 0) is 16.1 Å². The molecule has 1 fully saturated rings. The van der Waals surface area contributed by atoms with Gasteiger partial charge in [-0.15, -0.1) is 10.2 Å². The zero-order valence-corrected chi connectivity index (χ0v) is 16.5. The first-order valence-electron chi connectivity index (χ1n) is 9.31. The number of carbonyl (C=O) groups is 1. The second-order valence-corrected chi connectivity index (χ2v) is 6.68. The molecule has 0 spiro atoms. The number of benzene rings is 1. The van der Waals surface area contributed by atoms with Crippen molar-refractivity contribution in [3.05, 3.63) is 54.0 Å². The van der Waals surface area contributed by atoms with E-state index in [-0.39, 0.29) is 30.5 Å². The van der Waals surface area contributed by atoms with Crippen LogP contribution in [0.4, 0.5) is 14.5 Å². The largest absolute Gasteiger partial charge is 0.494 e. The molecule has 1 aromatic carbocycles. The average molecular weight is 420 g/mol. The first kappa shape index (κ1) is 21.6. The number of amides is 1. The highest BCUT2D eigenvalue weighted by molar-refractivity contribution is 5.94. The highest BCUT2D eigenvalue weighted by Gasteiger charge is 2.28. The SMILES string of the molecule is CC1CCC(C(=O)Nc2ccc3nnc(CO)n3c2)O1.COc1cccc(F)c1F. The van der Waals surface area contributed by atoms with Crippen molar-refractivity contribution < 1.29 is 28.2 Å². The Hall–Kier alpha value is -3.11. The van der Waals surface area contributed by atoms with Crippen molar-refractivity contribution in [2.75, 3.05) is 12.4 Å². The van der Waals surface area contributed by atoms with Crippen molar-refractivity contribution >= 4 is 17.2 Å². The van der Waals surface area contributed by atoms with Crippen LogP contribution in [-0.4, -0.2) is 44.9 Å². The summed E-state index contributed by atoms with van der Waals surface area (Å²) < 4.78 is 36.5. The molecule has 2 N–H and O–H groups in total. The minimum atomic E-state index is -0.940. The van der Waals surface area contributed by atoms with Crippen LogP contribution in [0, 0.1) is 11.6 Å². The number of halogens is 2. The lowest BCUT2D eigenvalue weighted by molar-refractivity contribution is -0.126. The summed E-state index contributed by atoms with van der Waals surface area (Å²) in [6.07, 6.45) is 3.07. The van der Waals surface area contributed by atoms with Gasteiger partial charge in [0.15, 0.2) is 23.0 Å². The normalized spacial score (nSPS) is 18.0. The monoisotopic (exact) mass is 420 g/mol. The molecule has 0 saturated carbocycles. The second-order valence-electron chi connectivity index (χ2n) is 6.68. The number of nitrogens with one attached hydrogen (secondary N) is 1. The van der Waals surface area contributed by atoms with Crippen LogP contribution in [0.15, 0.2) is 36.5 Å². The number of hydrogen-bond acceptors (Lipinski definition) is 6. The topological polar surface area (TPSA) is 98.0 Å². The van der Waals surface area contributed by atoms with Crippen LogP contribution in [0.3, 0.4) is 0 Å². The molecule has 1 amide bonds. The summed E-state index contributed by atoms with van der Waals surface area (Å²) in [5.74, 6) is -1.61. The second kappa shape index (κ2) is 9.59. The number of methoxy groups -OCH3 is 1. The molecule has 160 valence electrons. The molecule has 1 aliphatic heterocycles. The zero-order valence-electron chi connectivity index (χ0n) is 16.5. The fourth-order valence-electron chi connectivity index (χ4n) is 2.98. The summed E-state index contributed by atoms with van der Waals surface area (Å²) in [4.78, 5) is 12.1. The molecule has 10 heteroatoms. The van der Waals surface area contributed by atoms with E-state index in [4.69, 9.17) is 9.84 Å². The van der Waals surface area contributed by atoms with Gasteiger partial charge < -0.3 is 19.9 Å². The third-order valence-electron chi connectivity index (χ3n) is 4.54. The molecule has 3 heterocycles. The summed E-state index contributed by atoms with van der Waals surface area (Å²) in [6.45, 7) is 1.76. The molecule has 1 aliphatic rings. The fourth-order valence-corrected chi connectivity index (χ4v) is 2.98. The maximum Gasteiger partial charge on any atom is 0.253 e. The van der Waals surface area contributed by atoms with Gasteiger partial charge in [0.25, 0.3) is 5.91 Å². The number of fused-ring (bicyclic) bond motifs is 1. The van der Waals surface area contributed by atoms with Crippen LogP contribution in [0.1, 0.15) is 25.6 Å². The third kappa shape index (κ3) is 4.89. The van der Waals surface area contributed by atoms with Crippen LogP contribution in [0.2, 0.25) is 0 Å². The number of nitrogens with zero attached hydrogens (tertiary/aromatic N) is 3. The number of pyridine rings is 1. The summed E-state index contributed by atoms with van der Waals surface area (Å²) in [5.41, 5.74) is 1.25. The molecule has 8 nitrogen and oxygen atoms in total. The van der Waals surface area contributed by atoms with Crippen molar-refractivity contribution in [3.63, 3.8) is 0 Å². The highest BCUT2D eigenvalue weighted by atomic mass is 19.2. The van der Waals surface area contributed by atoms with Gasteiger partial charge in [-0.05, 0) is 44.0 Å². The Labute approximate surface area is 171 Å². The standard InChI is InChI=1S/C13H16N4O3.C7H6F2O/c1-8-2-4-10(20-8)13(19)14-9-3-5-11-15-16-12(7-18)17(11)6-9;1-10-6-4-2-3-5(8)7(6)9/h3,5-6,8,10,18H,2,4,7H2,1H3,(H,14,19);2-4H,1H3. The lowest BCUT2D eigenvalue weighted by Crippen LogP contribution is -2.27. The Morgan fingerprint density at radius 3 is 2.73 bits per heavy atom. The quantitative estimate of drug-likeness (QED) is 0.674. The highest BCUT2D eigenvalue weighted by Crippen LogP contribution is 2.21. The molecule has 0 radical (unpaired) electrons. The van der Waals surface area contributed by atoms with Crippen molar-refractivity contribution in [2.24, 2.45) is 0 Å². The third-order valence-corrected chi connectivity index (χ3v) is 4.54. The number of aliphatic hydroxyl groups excluding tert-OH is 1. The van der Waals surface area contributed by atoms with Crippen LogP contribution in [0.5, 0.6) is 5.75 Å². The Morgan fingerprint density at radius 1 is 1.30 bits per heavy atom. The van der Waals surface area contributed by atoms with E-state index in [1.54, 1.807) is 22.7 Å². The smallest absolute Gasteiger partial charge is 0.253 e. The molecule has 2 unspecified atom stereocenters. The maximum atomic E-state index is 12.5. The minimum absolute atomic E-state index is 0.0694. The molecule has 30 heavy (non-hydrogen) atoms. The van der Waals surface area contributed by atoms with E-state index in [1.165, 1.54) is 19.2 Å². The van der Waals surface area contributed by atoms with Gasteiger partial charge in [-0.3, -0.25) is 9.20 Å². The van der Waals surface area contributed by atoms with Gasteiger partial charge in [0.2, 0.25) is 5.82 Å². The number of carbonyl (C=O) groups excluding carboxylic acids is 1. The summed E-state index contributed by atoms with van der Waals surface area (Å²) in [5, 5.41) is 19.7. The Balaban J connectivity index is 0.000000216. The molecular formula is C20H22F2N4O4. The van der Waals surface area contributed by atoms with E-state index < -0.39 is 11.6 Å². The molecule has 4 rings (SSSR count). The summed E-state index contributed by atoms with van der Waals surface area (Å²) in [7, 11) is 1.29. The van der Waals surface area contributed by atoms with E-state index in [2.05, 4.69) is 20.3 Å². The van der Waals surface area contributed by atoms with E-state index >= 15 is 0 Å². The minimum Gasteiger partial charge on any atom is -0.494 e. The van der Waals surface area contributed by atoms with E-state index in [9.17, 15) is 13.6 Å². The van der Waals surface area contributed by atoms with Crippen molar-refractivity contribution in [1.29, 1.82) is 0 Å². The summed E-state index contributed by atoms with van der Waals surface area (Å²) >= 11 is 0. The molecule has 0 bridgehead atoms. The van der Waals surface area contributed by atoms with Crippen molar-refractivity contribution in [3.8, 4) is 5.75 Å². The number of hydrogen-bond donors (Lipinski definition) is 2. The number of rotatable bonds is 4. The van der Waals surface area contributed by atoms with Crippen LogP contribution in [0.25, 0.3) is 5.65 Å². The van der Waals surface area contributed by atoms with Gasteiger partial charge in [0, 0.05) is 6.20 Å². The Morgan fingerprint density at radius 2 is 2.10 bits per heavy atom. The van der Waals surface area contributed by atoms with Crippen LogP contribution >= 0.6 is 0 Å². The Bertz CT molecular complexity index is 1030. The lowest BCUT2D eigenvalue weighted by Gasteiger charge is -2.12. The molecule has 0 aliphatic carbocycles. The molecule has 3 aromatic rings. The predicted molar refractivity (Wildman–Crippen MR) is 104 cm³/mol. The van der Waals surface area contributed by atoms with Crippen LogP contribution < -0.4 is 10.1 Å². The van der Waals surface area contributed by atoms with Gasteiger partial charge in [0.05, 0.1) is 18.9 Å². The van der Waals surface area contributed by atoms with Gasteiger partial charge >= 0.3 is 0 Å². The van der Waals surface area contributed by atoms with Gasteiger partial charge in [0.1, 0.15) is 12.7 Å². The first-order valence-corrected chi connectivity index (χ1v) is 9.31. The fraction of sp³-hybridized carbons (Fsp3) is 0.350. The van der Waals surface area contributed by atoms with Crippen molar-refractivity contribution in [1.82, 2.24) is 14.6 Å². The molecule has 1 saturated heterocycles.